The van der Waals surface area contributed by atoms with Crippen LogP contribution in [0.3, 0.4) is 0 Å². The van der Waals surface area contributed by atoms with Crippen molar-refractivity contribution in [3.63, 3.8) is 0 Å². The highest BCUT2D eigenvalue weighted by atomic mass is 32.1. The molecule has 3 heterocycles. The lowest BCUT2D eigenvalue weighted by Crippen LogP contribution is -2.05. The molecule has 0 bridgehead atoms. The Morgan fingerprint density at radius 2 is 1.89 bits per heavy atom. The number of benzene rings is 1. The van der Waals surface area contributed by atoms with Crippen LogP contribution in [0.2, 0.25) is 0 Å². The Morgan fingerprint density at radius 3 is 2.67 bits per heavy atom. The van der Waals surface area contributed by atoms with Gasteiger partial charge in [0.1, 0.15) is 28.0 Å². The number of pyridine rings is 1. The monoisotopic (exact) mass is 381 g/mol. The summed E-state index contributed by atoms with van der Waals surface area (Å²) in [4.78, 5) is 21.7. The highest BCUT2D eigenvalue weighted by Gasteiger charge is 2.18. The van der Waals surface area contributed by atoms with E-state index in [4.69, 9.17) is 4.74 Å². The Bertz CT molecular complexity index is 1130. The summed E-state index contributed by atoms with van der Waals surface area (Å²) in [6.07, 6.45) is 3.81. The number of aryl methyl sites for hydroxylation is 2. The number of carbonyl (C=O) groups excluding carboxylic acids is 1. The number of esters is 1. The molecular weight excluding hydrogens is 365 g/mol. The van der Waals surface area contributed by atoms with Gasteiger partial charge in [-0.3, -0.25) is 0 Å². The smallest absolute Gasteiger partial charge is 0.350 e. The summed E-state index contributed by atoms with van der Waals surface area (Å²) in [6.45, 7) is 3.85. The van der Waals surface area contributed by atoms with Crippen LogP contribution in [0.5, 0.6) is 0 Å². The zero-order valence-corrected chi connectivity index (χ0v) is 15.6. The Hall–Kier alpha value is -3.06. The number of imidazole rings is 1. The Labute approximate surface area is 159 Å². The predicted molar refractivity (Wildman–Crippen MR) is 101 cm³/mol. The van der Waals surface area contributed by atoms with E-state index in [1.54, 1.807) is 19.1 Å². The third kappa shape index (κ3) is 3.59. The number of thiazole rings is 1. The zero-order chi connectivity index (χ0) is 19.0. The summed E-state index contributed by atoms with van der Waals surface area (Å²) in [5.41, 5.74) is 3.96. The maximum Gasteiger partial charge on any atom is 0.350 e. The Kier molecular flexibility index (Phi) is 4.45. The van der Waals surface area contributed by atoms with E-state index in [0.29, 0.717) is 21.3 Å². The molecule has 3 aromatic heterocycles. The van der Waals surface area contributed by atoms with Gasteiger partial charge in [0.2, 0.25) is 0 Å². The number of hydrogen-bond donors (Lipinski definition) is 0. The second kappa shape index (κ2) is 6.92. The van der Waals surface area contributed by atoms with Crippen molar-refractivity contribution in [2.45, 2.75) is 20.5 Å². The normalized spacial score (nSPS) is 11.1. The van der Waals surface area contributed by atoms with Gasteiger partial charge in [-0.25, -0.2) is 19.2 Å². The van der Waals surface area contributed by atoms with Gasteiger partial charge in [0.15, 0.2) is 0 Å². The van der Waals surface area contributed by atoms with Crippen LogP contribution in [-0.4, -0.2) is 20.3 Å². The number of ether oxygens (including phenoxy) is 1. The quantitative estimate of drug-likeness (QED) is 0.486. The fourth-order valence-corrected chi connectivity index (χ4v) is 3.70. The number of carbonyl (C=O) groups is 1. The number of nitrogens with zero attached hydrogens (tertiary/aromatic N) is 3. The summed E-state index contributed by atoms with van der Waals surface area (Å²) >= 11 is 1.23. The van der Waals surface area contributed by atoms with Crippen LogP contribution in [0.15, 0.2) is 48.8 Å². The van der Waals surface area contributed by atoms with Gasteiger partial charge in [0.25, 0.3) is 0 Å². The number of aromatic nitrogens is 3. The SMILES string of the molecule is Cc1ccc2nc(COC(=O)c3sc(-c4ccc(F)cc4)nc3C)cn2c1. The number of hydrogen-bond acceptors (Lipinski definition) is 5. The van der Waals surface area contributed by atoms with Crippen molar-refractivity contribution in [3.05, 3.63) is 76.4 Å². The lowest BCUT2D eigenvalue weighted by atomic mass is 10.2. The van der Waals surface area contributed by atoms with Gasteiger partial charge in [0.05, 0.1) is 11.4 Å². The standard InChI is InChI=1S/C20H16FN3O2S/c1-12-3-8-17-23-16(10-24(17)9-12)11-26-20(25)18-13(2)22-19(27-18)14-4-6-15(21)7-5-14/h3-10H,11H2,1-2H3. The molecule has 0 fully saturated rings. The highest BCUT2D eigenvalue weighted by Crippen LogP contribution is 2.28. The van der Waals surface area contributed by atoms with E-state index in [0.717, 1.165) is 16.8 Å². The molecule has 0 spiro atoms. The van der Waals surface area contributed by atoms with Crippen molar-refractivity contribution in [2.24, 2.45) is 0 Å². The second-order valence-corrected chi connectivity index (χ2v) is 7.22. The molecule has 0 atom stereocenters. The Balaban J connectivity index is 1.50. The average molecular weight is 381 g/mol. The summed E-state index contributed by atoms with van der Waals surface area (Å²) in [6, 6.07) is 9.92. The van der Waals surface area contributed by atoms with Crippen LogP contribution >= 0.6 is 11.3 Å². The van der Waals surface area contributed by atoms with E-state index in [1.807, 2.05) is 35.9 Å². The maximum atomic E-state index is 13.1. The minimum atomic E-state index is -0.438. The summed E-state index contributed by atoms with van der Waals surface area (Å²) in [7, 11) is 0. The fraction of sp³-hybridized carbons (Fsp3) is 0.150. The van der Waals surface area contributed by atoms with Crippen molar-refractivity contribution in [3.8, 4) is 10.6 Å². The van der Waals surface area contributed by atoms with Crippen LogP contribution < -0.4 is 0 Å². The van der Waals surface area contributed by atoms with Crippen molar-refractivity contribution in [2.75, 3.05) is 0 Å². The molecule has 0 unspecified atom stereocenters. The molecule has 4 rings (SSSR count). The fourth-order valence-electron chi connectivity index (χ4n) is 2.73. The first kappa shape index (κ1) is 17.4. The second-order valence-electron chi connectivity index (χ2n) is 6.22. The van der Waals surface area contributed by atoms with Gasteiger partial charge >= 0.3 is 5.97 Å². The lowest BCUT2D eigenvalue weighted by Gasteiger charge is -2.00. The van der Waals surface area contributed by atoms with Crippen molar-refractivity contribution in [1.29, 1.82) is 0 Å². The summed E-state index contributed by atoms with van der Waals surface area (Å²) in [5, 5.41) is 0.655. The molecule has 27 heavy (non-hydrogen) atoms. The summed E-state index contributed by atoms with van der Waals surface area (Å²) < 4.78 is 20.4. The van der Waals surface area contributed by atoms with Crippen LogP contribution in [-0.2, 0) is 11.3 Å². The maximum absolute atomic E-state index is 13.1. The van der Waals surface area contributed by atoms with E-state index in [2.05, 4.69) is 9.97 Å². The Morgan fingerprint density at radius 1 is 1.11 bits per heavy atom. The van der Waals surface area contributed by atoms with E-state index >= 15 is 0 Å². The number of halogens is 1. The molecule has 0 aliphatic carbocycles. The van der Waals surface area contributed by atoms with Gasteiger partial charge in [-0.1, -0.05) is 6.07 Å². The van der Waals surface area contributed by atoms with E-state index in [-0.39, 0.29) is 12.4 Å². The number of rotatable bonds is 4. The molecule has 136 valence electrons. The van der Waals surface area contributed by atoms with Crippen LogP contribution in [0.1, 0.15) is 26.6 Å². The molecule has 1 aromatic carbocycles. The summed E-state index contributed by atoms with van der Waals surface area (Å²) in [5.74, 6) is -0.749. The van der Waals surface area contributed by atoms with Crippen LogP contribution in [0, 0.1) is 19.7 Å². The molecule has 0 radical (unpaired) electrons. The average Bonchev–Trinajstić information content (AvgIpc) is 3.23. The zero-order valence-electron chi connectivity index (χ0n) is 14.8. The van der Waals surface area contributed by atoms with Gasteiger partial charge in [0, 0.05) is 18.0 Å². The molecule has 0 saturated heterocycles. The predicted octanol–water partition coefficient (Wildman–Crippen LogP) is 4.57. The first-order valence-corrected chi connectivity index (χ1v) is 9.16. The lowest BCUT2D eigenvalue weighted by molar-refractivity contribution is 0.0473. The molecule has 5 nitrogen and oxygen atoms in total. The molecular formula is C20H16FN3O2S. The molecule has 0 aliphatic rings. The van der Waals surface area contributed by atoms with Crippen LogP contribution in [0.4, 0.5) is 4.39 Å². The molecule has 0 amide bonds. The van der Waals surface area contributed by atoms with Gasteiger partial charge in [-0.15, -0.1) is 11.3 Å². The largest absolute Gasteiger partial charge is 0.455 e. The van der Waals surface area contributed by atoms with Crippen LogP contribution in [0.25, 0.3) is 16.2 Å². The van der Waals surface area contributed by atoms with E-state index in [1.165, 1.54) is 23.5 Å². The van der Waals surface area contributed by atoms with E-state index < -0.39 is 5.97 Å². The minimum Gasteiger partial charge on any atom is -0.455 e. The molecule has 0 saturated carbocycles. The first-order valence-electron chi connectivity index (χ1n) is 8.34. The molecule has 0 aliphatic heterocycles. The minimum absolute atomic E-state index is 0.0861. The topological polar surface area (TPSA) is 56.5 Å². The van der Waals surface area contributed by atoms with Crippen molar-refractivity contribution in [1.82, 2.24) is 14.4 Å². The third-order valence-corrected chi connectivity index (χ3v) is 5.26. The van der Waals surface area contributed by atoms with Gasteiger partial charge < -0.3 is 9.14 Å². The number of fused-ring (bicyclic) bond motifs is 1. The van der Waals surface area contributed by atoms with Gasteiger partial charge in [-0.2, -0.15) is 0 Å². The van der Waals surface area contributed by atoms with Crippen molar-refractivity contribution >= 4 is 23.0 Å². The first-order chi connectivity index (χ1) is 13.0. The molecule has 4 aromatic rings. The van der Waals surface area contributed by atoms with Gasteiger partial charge in [-0.05, 0) is 49.7 Å². The van der Waals surface area contributed by atoms with Crippen molar-refractivity contribution < 1.29 is 13.9 Å². The molecule has 0 N–H and O–H groups in total. The third-order valence-electron chi connectivity index (χ3n) is 4.07. The highest BCUT2D eigenvalue weighted by molar-refractivity contribution is 7.17. The molecule has 7 heteroatoms. The van der Waals surface area contributed by atoms with E-state index in [9.17, 15) is 9.18 Å².